The summed E-state index contributed by atoms with van der Waals surface area (Å²) < 4.78 is 2.13. The minimum atomic E-state index is 0.885. The third-order valence-corrected chi connectivity index (χ3v) is 3.50. The van der Waals surface area contributed by atoms with E-state index in [4.69, 9.17) is 0 Å². The smallest absolute Gasteiger partial charge is 0.147 e. The first-order valence-electron chi connectivity index (χ1n) is 6.66. The fourth-order valence-corrected chi connectivity index (χ4v) is 2.55. The highest BCUT2D eigenvalue weighted by molar-refractivity contribution is 5.23. The van der Waals surface area contributed by atoms with E-state index in [1.807, 2.05) is 13.4 Å². The Balaban J connectivity index is 1.67. The number of nitrogens with one attached hydrogen (secondary N) is 1. The van der Waals surface area contributed by atoms with E-state index in [0.717, 1.165) is 38.5 Å². The van der Waals surface area contributed by atoms with E-state index in [-0.39, 0.29) is 0 Å². The third-order valence-electron chi connectivity index (χ3n) is 3.50. The molecule has 0 saturated carbocycles. The fraction of sp³-hybridized carbons (Fsp3) is 0.429. The summed E-state index contributed by atoms with van der Waals surface area (Å²) in [5, 5.41) is 11.3. The van der Waals surface area contributed by atoms with Crippen LogP contribution >= 0.6 is 0 Å². The molecule has 0 atom stereocenters. The van der Waals surface area contributed by atoms with E-state index in [1.54, 1.807) is 0 Å². The molecule has 0 unspecified atom stereocenters. The van der Waals surface area contributed by atoms with Crippen molar-refractivity contribution >= 4 is 0 Å². The van der Waals surface area contributed by atoms with Gasteiger partial charge in [-0.1, -0.05) is 24.3 Å². The fourth-order valence-electron chi connectivity index (χ4n) is 2.55. The molecule has 2 aromatic rings. The van der Waals surface area contributed by atoms with Crippen LogP contribution < -0.4 is 5.32 Å². The van der Waals surface area contributed by atoms with Gasteiger partial charge in [0.2, 0.25) is 0 Å². The van der Waals surface area contributed by atoms with Crippen LogP contribution in [0.5, 0.6) is 0 Å². The van der Waals surface area contributed by atoms with Crippen molar-refractivity contribution in [3.8, 4) is 0 Å². The zero-order chi connectivity index (χ0) is 13.1. The second-order valence-corrected chi connectivity index (χ2v) is 5.00. The van der Waals surface area contributed by atoms with Crippen LogP contribution in [0.1, 0.15) is 17.0 Å². The van der Waals surface area contributed by atoms with Crippen molar-refractivity contribution in [3.63, 3.8) is 0 Å². The summed E-state index contributed by atoms with van der Waals surface area (Å²) in [6, 6.07) is 8.76. The van der Waals surface area contributed by atoms with E-state index < -0.39 is 0 Å². The summed E-state index contributed by atoms with van der Waals surface area (Å²) in [6.45, 7) is 4.82. The van der Waals surface area contributed by atoms with Crippen LogP contribution in [-0.4, -0.2) is 33.3 Å². The Hall–Kier alpha value is -1.72. The van der Waals surface area contributed by atoms with Gasteiger partial charge in [-0.05, 0) is 18.2 Å². The number of nitrogens with zero attached hydrogens (tertiary/aromatic N) is 4. The maximum Gasteiger partial charge on any atom is 0.147 e. The highest BCUT2D eigenvalue weighted by Crippen LogP contribution is 2.14. The van der Waals surface area contributed by atoms with Crippen molar-refractivity contribution < 1.29 is 0 Å². The predicted molar refractivity (Wildman–Crippen MR) is 73.3 cm³/mol. The first-order valence-corrected chi connectivity index (χ1v) is 6.66. The third kappa shape index (κ3) is 2.83. The van der Waals surface area contributed by atoms with Crippen LogP contribution in [0.25, 0.3) is 0 Å². The van der Waals surface area contributed by atoms with Gasteiger partial charge in [-0.25, -0.2) is 0 Å². The molecule has 0 amide bonds. The van der Waals surface area contributed by atoms with Crippen LogP contribution in [0, 0.1) is 0 Å². The molecule has 100 valence electrons. The van der Waals surface area contributed by atoms with E-state index >= 15 is 0 Å². The maximum atomic E-state index is 4.16. The lowest BCUT2D eigenvalue weighted by Crippen LogP contribution is -2.33. The molecule has 1 N–H and O–H groups in total. The van der Waals surface area contributed by atoms with Crippen molar-refractivity contribution in [1.82, 2.24) is 25.0 Å². The van der Waals surface area contributed by atoms with E-state index in [2.05, 4.69) is 49.2 Å². The van der Waals surface area contributed by atoms with Crippen LogP contribution in [-0.2, 0) is 26.2 Å². The van der Waals surface area contributed by atoms with Crippen LogP contribution in [0.4, 0.5) is 0 Å². The summed E-state index contributed by atoms with van der Waals surface area (Å²) in [7, 11) is 1.98. The monoisotopic (exact) mass is 257 g/mol. The summed E-state index contributed by atoms with van der Waals surface area (Å²) in [5.41, 5.74) is 2.70. The van der Waals surface area contributed by atoms with Gasteiger partial charge in [0.15, 0.2) is 0 Å². The van der Waals surface area contributed by atoms with Gasteiger partial charge in [0.25, 0.3) is 0 Å². The Morgan fingerprint density at radius 3 is 3.05 bits per heavy atom. The van der Waals surface area contributed by atoms with E-state index in [9.17, 15) is 0 Å². The molecule has 5 nitrogen and oxygen atoms in total. The second-order valence-electron chi connectivity index (χ2n) is 5.00. The standard InChI is InChI=1S/C14H19N5/c1-15-8-12-3-2-4-13(7-12)9-18-5-6-19-11-16-17-14(19)10-18/h2-4,7,11,15H,5-6,8-10H2,1H3. The number of aromatic nitrogens is 3. The molecule has 5 heteroatoms. The average Bonchev–Trinajstić information content (AvgIpc) is 2.87. The summed E-state index contributed by atoms with van der Waals surface area (Å²) in [6.07, 6.45) is 1.82. The Kier molecular flexibility index (Phi) is 3.57. The van der Waals surface area contributed by atoms with Gasteiger partial charge in [0.05, 0.1) is 6.54 Å². The maximum absolute atomic E-state index is 4.16. The lowest BCUT2D eigenvalue weighted by molar-refractivity contribution is 0.209. The topological polar surface area (TPSA) is 46.0 Å². The van der Waals surface area contributed by atoms with Crippen molar-refractivity contribution in [1.29, 1.82) is 0 Å². The van der Waals surface area contributed by atoms with E-state index in [1.165, 1.54) is 11.1 Å². The number of fused-ring (bicyclic) bond motifs is 1. The number of hydrogen-bond donors (Lipinski definition) is 1. The predicted octanol–water partition coefficient (Wildman–Crippen LogP) is 1.01. The molecule has 1 aliphatic rings. The Labute approximate surface area is 113 Å². The normalized spacial score (nSPS) is 15.4. The molecule has 0 radical (unpaired) electrons. The number of hydrogen-bond acceptors (Lipinski definition) is 4. The molecule has 2 heterocycles. The first-order chi connectivity index (χ1) is 9.35. The molecule has 3 rings (SSSR count). The van der Waals surface area contributed by atoms with Gasteiger partial charge in [0.1, 0.15) is 12.2 Å². The molecule has 1 aromatic heterocycles. The Morgan fingerprint density at radius 2 is 2.16 bits per heavy atom. The van der Waals surface area contributed by atoms with E-state index in [0.29, 0.717) is 0 Å². The Morgan fingerprint density at radius 1 is 1.26 bits per heavy atom. The largest absolute Gasteiger partial charge is 0.316 e. The molecule has 0 aliphatic carbocycles. The molecule has 19 heavy (non-hydrogen) atoms. The summed E-state index contributed by atoms with van der Waals surface area (Å²) in [5.74, 6) is 1.07. The van der Waals surface area contributed by atoms with Gasteiger partial charge < -0.3 is 9.88 Å². The summed E-state index contributed by atoms with van der Waals surface area (Å²) in [4.78, 5) is 2.42. The summed E-state index contributed by atoms with van der Waals surface area (Å²) >= 11 is 0. The first kappa shape index (κ1) is 12.3. The molecular formula is C14H19N5. The average molecular weight is 257 g/mol. The Bertz CT molecular complexity index is 548. The van der Waals surface area contributed by atoms with Gasteiger partial charge in [-0.2, -0.15) is 0 Å². The number of benzene rings is 1. The lowest BCUT2D eigenvalue weighted by Gasteiger charge is -2.27. The van der Waals surface area contributed by atoms with Crippen LogP contribution in [0.2, 0.25) is 0 Å². The lowest BCUT2D eigenvalue weighted by atomic mass is 10.1. The van der Waals surface area contributed by atoms with Crippen molar-refractivity contribution in [2.75, 3.05) is 13.6 Å². The van der Waals surface area contributed by atoms with Gasteiger partial charge in [-0.15, -0.1) is 10.2 Å². The zero-order valence-electron chi connectivity index (χ0n) is 11.2. The quantitative estimate of drug-likeness (QED) is 0.888. The zero-order valence-corrected chi connectivity index (χ0v) is 11.2. The minimum Gasteiger partial charge on any atom is -0.316 e. The van der Waals surface area contributed by atoms with Crippen LogP contribution in [0.3, 0.4) is 0 Å². The molecule has 0 fully saturated rings. The molecule has 0 saturated heterocycles. The van der Waals surface area contributed by atoms with Crippen LogP contribution in [0.15, 0.2) is 30.6 Å². The molecule has 1 aromatic carbocycles. The van der Waals surface area contributed by atoms with Crippen molar-refractivity contribution in [2.24, 2.45) is 0 Å². The van der Waals surface area contributed by atoms with Crippen molar-refractivity contribution in [2.45, 2.75) is 26.2 Å². The molecular weight excluding hydrogens is 238 g/mol. The minimum absolute atomic E-state index is 0.885. The SMILES string of the molecule is CNCc1cccc(CN2CCn3cnnc3C2)c1. The molecule has 0 spiro atoms. The van der Waals surface area contributed by atoms with Gasteiger partial charge in [0, 0.05) is 26.2 Å². The number of rotatable bonds is 4. The van der Waals surface area contributed by atoms with Crippen molar-refractivity contribution in [3.05, 3.63) is 47.5 Å². The second kappa shape index (κ2) is 5.50. The highest BCUT2D eigenvalue weighted by atomic mass is 15.3. The van der Waals surface area contributed by atoms with Gasteiger partial charge >= 0.3 is 0 Å². The highest BCUT2D eigenvalue weighted by Gasteiger charge is 2.17. The van der Waals surface area contributed by atoms with Gasteiger partial charge in [-0.3, -0.25) is 4.90 Å². The molecule has 1 aliphatic heterocycles. The molecule has 0 bridgehead atoms.